The molecule has 2 heteroatoms. The van der Waals surface area contributed by atoms with Crippen molar-refractivity contribution in [1.29, 1.82) is 0 Å². The van der Waals surface area contributed by atoms with Crippen LogP contribution in [-0.2, 0) is 19.9 Å². The van der Waals surface area contributed by atoms with Crippen LogP contribution in [0, 0.1) is 24.7 Å². The molecule has 0 radical (unpaired) electrons. The number of hydrogen-bond donors (Lipinski definition) is 0. The first-order valence-corrected chi connectivity index (χ1v) is 11.1. The number of benzene rings is 2. The number of aryl methyl sites for hydroxylation is 2. The van der Waals surface area contributed by atoms with Gasteiger partial charge in [-0.15, -0.1) is 0 Å². The van der Waals surface area contributed by atoms with E-state index in [1.807, 2.05) is 0 Å². The van der Waals surface area contributed by atoms with Crippen LogP contribution >= 0.6 is 0 Å². The van der Waals surface area contributed by atoms with Gasteiger partial charge in [0.05, 0.1) is 5.56 Å². The topological polar surface area (TPSA) is 13.1 Å². The van der Waals surface area contributed by atoms with Crippen molar-refractivity contribution in [3.63, 3.8) is 0 Å². The molecular weight excluding hydrogens is 366 g/mol. The lowest BCUT2D eigenvalue weighted by Crippen LogP contribution is -2.33. The molecule has 0 atom stereocenters. The smallest absolute Gasteiger partial charge is 0.256 e. The Morgan fingerprint density at radius 1 is 0.900 bits per heavy atom. The summed E-state index contributed by atoms with van der Waals surface area (Å²) in [5, 5.41) is 2.54. The minimum atomic E-state index is 0.197. The van der Waals surface area contributed by atoms with E-state index in [-0.39, 0.29) is 10.8 Å². The van der Waals surface area contributed by atoms with Crippen LogP contribution < -0.4 is 9.30 Å². The van der Waals surface area contributed by atoms with E-state index in [2.05, 4.69) is 97.5 Å². The maximum absolute atomic E-state index is 6.74. The third-order valence-corrected chi connectivity index (χ3v) is 6.04. The van der Waals surface area contributed by atoms with E-state index in [1.165, 1.54) is 44.3 Å². The summed E-state index contributed by atoms with van der Waals surface area (Å²) in [6.45, 7) is 18.3. The third-order valence-electron chi connectivity index (χ3n) is 6.04. The predicted molar refractivity (Wildman–Crippen MR) is 126 cm³/mol. The molecule has 0 aliphatic carbocycles. The Kier molecular flexibility index (Phi) is 4.76. The average molecular weight is 403 g/mol. The maximum atomic E-state index is 6.74. The number of pyridine rings is 1. The van der Waals surface area contributed by atoms with Gasteiger partial charge in [-0.1, -0.05) is 53.7 Å². The molecule has 2 aromatic carbocycles. The Morgan fingerprint density at radius 3 is 2.20 bits per heavy atom. The molecule has 3 aromatic rings. The van der Waals surface area contributed by atoms with Gasteiger partial charge in [-0.2, -0.15) is 4.57 Å². The molecule has 1 aromatic heterocycles. The summed E-state index contributed by atoms with van der Waals surface area (Å²) in [6.07, 6.45) is 4.21. The van der Waals surface area contributed by atoms with Crippen LogP contribution in [0.1, 0.15) is 63.8 Å². The molecule has 0 spiro atoms. The maximum Gasteiger partial charge on any atom is 0.256 e. The van der Waals surface area contributed by atoms with Crippen LogP contribution in [0.3, 0.4) is 0 Å². The quantitative estimate of drug-likeness (QED) is 0.322. The van der Waals surface area contributed by atoms with E-state index in [9.17, 15) is 0 Å². The second kappa shape index (κ2) is 6.83. The van der Waals surface area contributed by atoms with Crippen LogP contribution in [0.5, 0.6) is 11.5 Å². The van der Waals surface area contributed by atoms with Crippen LogP contribution in [0.25, 0.3) is 22.0 Å². The molecule has 0 N–H and O–H groups in total. The molecule has 0 fully saturated rings. The number of ether oxygens (including phenoxy) is 1. The summed E-state index contributed by atoms with van der Waals surface area (Å²) in [5.74, 6) is 2.05. The minimum absolute atomic E-state index is 0.197. The highest BCUT2D eigenvalue weighted by atomic mass is 16.5. The molecule has 30 heavy (non-hydrogen) atoms. The van der Waals surface area contributed by atoms with Crippen molar-refractivity contribution in [1.82, 2.24) is 0 Å². The average Bonchev–Trinajstić information content (AvgIpc) is 2.58. The zero-order chi connectivity index (χ0) is 22.0. The van der Waals surface area contributed by atoms with Crippen LogP contribution in [-0.4, -0.2) is 0 Å². The zero-order valence-corrected chi connectivity index (χ0v) is 20.2. The number of aromatic nitrogens is 1. The normalized spacial score (nSPS) is 13.4. The van der Waals surface area contributed by atoms with E-state index in [0.29, 0.717) is 0 Å². The first-order valence-electron chi connectivity index (χ1n) is 11.1. The van der Waals surface area contributed by atoms with Crippen molar-refractivity contribution in [3.8, 4) is 22.8 Å². The first kappa shape index (κ1) is 20.9. The van der Waals surface area contributed by atoms with Gasteiger partial charge in [-0.3, -0.25) is 0 Å². The fourth-order valence-electron chi connectivity index (χ4n) is 4.78. The molecule has 0 saturated carbocycles. The van der Waals surface area contributed by atoms with Crippen molar-refractivity contribution in [2.75, 3.05) is 0 Å². The SMILES string of the molecule is Cc1cc2cc(CC(C)(C)C)cc3c2c(c1C)-c1c(c(CC(C)(C)C)cc[n+]1C)O3. The van der Waals surface area contributed by atoms with Gasteiger partial charge in [-0.25, -0.2) is 0 Å². The van der Waals surface area contributed by atoms with Gasteiger partial charge in [0.2, 0.25) is 5.75 Å². The van der Waals surface area contributed by atoms with E-state index in [4.69, 9.17) is 4.74 Å². The van der Waals surface area contributed by atoms with Crippen LogP contribution in [0.15, 0.2) is 30.5 Å². The minimum Gasteiger partial charge on any atom is -0.449 e. The largest absolute Gasteiger partial charge is 0.449 e. The van der Waals surface area contributed by atoms with Crippen molar-refractivity contribution >= 4 is 10.8 Å². The van der Waals surface area contributed by atoms with Crippen molar-refractivity contribution < 1.29 is 9.30 Å². The van der Waals surface area contributed by atoms with Gasteiger partial charge < -0.3 is 4.74 Å². The van der Waals surface area contributed by atoms with Crippen molar-refractivity contribution in [3.05, 3.63) is 52.7 Å². The summed E-state index contributed by atoms with van der Waals surface area (Å²) in [7, 11) is 2.13. The van der Waals surface area contributed by atoms with Gasteiger partial charge >= 0.3 is 0 Å². The Hall–Kier alpha value is -2.35. The van der Waals surface area contributed by atoms with Gasteiger partial charge in [-0.05, 0) is 65.7 Å². The molecule has 2 nitrogen and oxygen atoms in total. The highest BCUT2D eigenvalue weighted by molar-refractivity contribution is 6.05. The summed E-state index contributed by atoms with van der Waals surface area (Å²) in [6, 6.07) is 9.21. The Morgan fingerprint density at radius 2 is 1.57 bits per heavy atom. The predicted octanol–water partition coefficient (Wildman–Crippen LogP) is 7.23. The van der Waals surface area contributed by atoms with Gasteiger partial charge in [0.25, 0.3) is 5.69 Å². The first-order chi connectivity index (χ1) is 13.8. The molecule has 158 valence electrons. The highest BCUT2D eigenvalue weighted by Crippen LogP contribution is 2.49. The molecular formula is C28H36NO+. The number of nitrogens with zero attached hydrogens (tertiary/aromatic N) is 1. The van der Waals surface area contributed by atoms with Crippen LogP contribution in [0.4, 0.5) is 0 Å². The molecule has 2 heterocycles. The fourth-order valence-corrected chi connectivity index (χ4v) is 4.78. The fraction of sp³-hybridized carbons (Fsp3) is 0.464. The molecule has 1 aliphatic heterocycles. The number of rotatable bonds is 2. The van der Waals surface area contributed by atoms with Gasteiger partial charge in [0, 0.05) is 17.0 Å². The lowest BCUT2D eigenvalue weighted by Gasteiger charge is -2.27. The molecule has 1 aliphatic rings. The summed E-state index contributed by atoms with van der Waals surface area (Å²) < 4.78 is 8.97. The van der Waals surface area contributed by atoms with Crippen molar-refractivity contribution in [2.45, 2.75) is 68.2 Å². The second-order valence-corrected chi connectivity index (χ2v) is 11.6. The lowest BCUT2D eigenvalue weighted by atomic mass is 9.83. The number of hydrogen-bond acceptors (Lipinski definition) is 1. The second-order valence-electron chi connectivity index (χ2n) is 11.6. The molecule has 4 rings (SSSR count). The Balaban J connectivity index is 2.04. The summed E-state index contributed by atoms with van der Waals surface area (Å²) >= 11 is 0. The van der Waals surface area contributed by atoms with Crippen LogP contribution in [0.2, 0.25) is 0 Å². The van der Waals surface area contributed by atoms with E-state index in [0.717, 1.165) is 24.3 Å². The van der Waals surface area contributed by atoms with Gasteiger partial charge in [0.15, 0.2) is 6.20 Å². The summed E-state index contributed by atoms with van der Waals surface area (Å²) in [5.41, 5.74) is 8.30. The Labute approximate surface area is 181 Å². The zero-order valence-electron chi connectivity index (χ0n) is 20.2. The standard InChI is InChI=1S/C28H36NO/c1-17-12-21-13-19(15-27(3,4)5)14-22-24(21)23(18(17)2)25-26(30-22)20(10-11-29(25)9)16-28(6,7)8/h10-14H,15-16H2,1-9H3/q+1. The number of fused-ring (bicyclic) bond motifs is 2. The summed E-state index contributed by atoms with van der Waals surface area (Å²) in [4.78, 5) is 0. The molecule has 0 saturated heterocycles. The highest BCUT2D eigenvalue weighted by Gasteiger charge is 2.33. The molecule has 0 amide bonds. The monoisotopic (exact) mass is 402 g/mol. The van der Waals surface area contributed by atoms with E-state index >= 15 is 0 Å². The van der Waals surface area contributed by atoms with E-state index < -0.39 is 0 Å². The van der Waals surface area contributed by atoms with Crippen molar-refractivity contribution in [2.24, 2.45) is 17.9 Å². The van der Waals surface area contributed by atoms with Gasteiger partial charge in [0.1, 0.15) is 12.8 Å². The lowest BCUT2D eigenvalue weighted by molar-refractivity contribution is -0.660. The molecule has 0 bridgehead atoms. The van der Waals surface area contributed by atoms with E-state index in [1.54, 1.807) is 0 Å². The third kappa shape index (κ3) is 3.73. The Bertz CT molecular complexity index is 1160. The molecule has 0 unspecified atom stereocenters.